The van der Waals surface area contributed by atoms with E-state index in [0.717, 1.165) is 28.1 Å². The van der Waals surface area contributed by atoms with Gasteiger partial charge in [-0.3, -0.25) is 0 Å². The molecule has 2 atom stereocenters. The molecule has 1 aliphatic heterocycles. The van der Waals surface area contributed by atoms with Crippen LogP contribution in [0.4, 0.5) is 10.1 Å². The lowest BCUT2D eigenvalue weighted by Gasteiger charge is -2.44. The lowest BCUT2D eigenvalue weighted by molar-refractivity contribution is -0.159. The zero-order valence-corrected chi connectivity index (χ0v) is 19.2. The molecule has 0 aromatic heterocycles. The first kappa shape index (κ1) is 22.6. The number of ether oxygens (including phenoxy) is 3. The van der Waals surface area contributed by atoms with Crippen LogP contribution in [0.15, 0.2) is 66.7 Å². The molecule has 0 fully saturated rings. The summed E-state index contributed by atoms with van der Waals surface area (Å²) in [5.74, 6) is 0.533. The van der Waals surface area contributed by atoms with Gasteiger partial charge in [0.25, 0.3) is 0 Å². The minimum atomic E-state index is -0.588. The molecule has 0 amide bonds. The maximum Gasteiger partial charge on any atom is 0.132 e. The summed E-state index contributed by atoms with van der Waals surface area (Å²) in [7, 11) is 1.68. The lowest BCUT2D eigenvalue weighted by Crippen LogP contribution is -2.50. The normalized spacial score (nSPS) is 19.2. The minimum absolute atomic E-state index is 0.242. The zero-order valence-electron chi connectivity index (χ0n) is 18.4. The van der Waals surface area contributed by atoms with Crippen LogP contribution in [0.1, 0.15) is 36.6 Å². The Morgan fingerprint density at radius 2 is 1.81 bits per heavy atom. The van der Waals surface area contributed by atoms with Crippen molar-refractivity contribution in [3.05, 3.63) is 94.3 Å². The van der Waals surface area contributed by atoms with Gasteiger partial charge in [0.2, 0.25) is 0 Å². The SMILES string of the molecule is COC1c2cc(NCc3ccc(F)cc3)ccc2OC(C)(C)C1OCc1cccc(Cl)c1. The minimum Gasteiger partial charge on any atom is -0.485 e. The molecule has 4 rings (SSSR count). The number of hydrogen-bond donors (Lipinski definition) is 1. The third-order valence-electron chi connectivity index (χ3n) is 5.63. The van der Waals surface area contributed by atoms with Crippen LogP contribution in [0.2, 0.25) is 5.02 Å². The highest BCUT2D eigenvalue weighted by Gasteiger charge is 2.45. The van der Waals surface area contributed by atoms with Crippen LogP contribution in [0, 0.1) is 5.82 Å². The molecule has 6 heteroatoms. The van der Waals surface area contributed by atoms with E-state index in [1.807, 2.05) is 56.3 Å². The smallest absolute Gasteiger partial charge is 0.132 e. The first-order chi connectivity index (χ1) is 15.4. The number of methoxy groups -OCH3 is 1. The summed E-state index contributed by atoms with van der Waals surface area (Å²) in [5.41, 5.74) is 3.24. The van der Waals surface area contributed by atoms with E-state index in [9.17, 15) is 4.39 Å². The first-order valence-corrected chi connectivity index (χ1v) is 10.9. The number of anilines is 1. The summed E-state index contributed by atoms with van der Waals surface area (Å²) < 4.78 is 31.7. The summed E-state index contributed by atoms with van der Waals surface area (Å²) >= 11 is 6.11. The molecule has 0 radical (unpaired) electrons. The second-order valence-electron chi connectivity index (χ2n) is 8.46. The van der Waals surface area contributed by atoms with Crippen molar-refractivity contribution in [2.24, 2.45) is 0 Å². The molecule has 0 bridgehead atoms. The molecule has 1 heterocycles. The van der Waals surface area contributed by atoms with Gasteiger partial charge < -0.3 is 19.5 Å². The van der Waals surface area contributed by atoms with E-state index in [1.54, 1.807) is 19.2 Å². The van der Waals surface area contributed by atoms with Gasteiger partial charge in [-0.2, -0.15) is 0 Å². The number of fused-ring (bicyclic) bond motifs is 1. The van der Waals surface area contributed by atoms with Crippen LogP contribution in [0.25, 0.3) is 0 Å². The van der Waals surface area contributed by atoms with Crippen LogP contribution < -0.4 is 10.1 Å². The largest absolute Gasteiger partial charge is 0.485 e. The molecule has 2 unspecified atom stereocenters. The Morgan fingerprint density at radius 1 is 1.03 bits per heavy atom. The van der Waals surface area contributed by atoms with Crippen molar-refractivity contribution in [1.29, 1.82) is 0 Å². The van der Waals surface area contributed by atoms with Gasteiger partial charge in [0, 0.05) is 29.9 Å². The summed E-state index contributed by atoms with van der Waals surface area (Å²) in [6.07, 6.45) is -0.633. The first-order valence-electron chi connectivity index (χ1n) is 10.6. The molecule has 1 N–H and O–H groups in total. The van der Waals surface area contributed by atoms with Crippen LogP contribution in [-0.4, -0.2) is 18.8 Å². The maximum atomic E-state index is 13.1. The Bertz CT molecular complexity index is 1070. The van der Waals surface area contributed by atoms with E-state index in [1.165, 1.54) is 12.1 Å². The van der Waals surface area contributed by atoms with E-state index >= 15 is 0 Å². The highest BCUT2D eigenvalue weighted by atomic mass is 35.5. The molecular weight excluding hydrogens is 429 g/mol. The Labute approximate surface area is 193 Å². The molecule has 0 aliphatic carbocycles. The monoisotopic (exact) mass is 455 g/mol. The lowest BCUT2D eigenvalue weighted by atomic mass is 9.88. The van der Waals surface area contributed by atoms with Gasteiger partial charge >= 0.3 is 0 Å². The van der Waals surface area contributed by atoms with Gasteiger partial charge in [-0.25, -0.2) is 4.39 Å². The fourth-order valence-electron chi connectivity index (χ4n) is 4.00. The van der Waals surface area contributed by atoms with Gasteiger partial charge in [-0.15, -0.1) is 0 Å². The van der Waals surface area contributed by atoms with Crippen molar-refractivity contribution < 1.29 is 18.6 Å². The Balaban J connectivity index is 1.53. The number of hydrogen-bond acceptors (Lipinski definition) is 4. The Morgan fingerprint density at radius 3 is 2.53 bits per heavy atom. The number of rotatable bonds is 7. The summed E-state index contributed by atoms with van der Waals surface area (Å²) in [5, 5.41) is 4.06. The molecule has 3 aromatic carbocycles. The van der Waals surface area contributed by atoms with Crippen molar-refractivity contribution in [1.82, 2.24) is 0 Å². The number of nitrogens with one attached hydrogen (secondary N) is 1. The van der Waals surface area contributed by atoms with E-state index in [0.29, 0.717) is 18.2 Å². The summed E-state index contributed by atoms with van der Waals surface area (Å²) in [4.78, 5) is 0. The van der Waals surface area contributed by atoms with E-state index in [4.69, 9.17) is 25.8 Å². The molecule has 0 spiro atoms. The summed E-state index contributed by atoms with van der Waals surface area (Å²) in [6.45, 7) is 4.99. The molecule has 4 nitrogen and oxygen atoms in total. The van der Waals surface area contributed by atoms with Crippen LogP contribution in [-0.2, 0) is 22.6 Å². The fourth-order valence-corrected chi connectivity index (χ4v) is 4.21. The molecule has 32 heavy (non-hydrogen) atoms. The zero-order chi connectivity index (χ0) is 22.7. The van der Waals surface area contributed by atoms with E-state index < -0.39 is 5.60 Å². The van der Waals surface area contributed by atoms with Gasteiger partial charge in [0.1, 0.15) is 29.4 Å². The third-order valence-corrected chi connectivity index (χ3v) is 5.87. The van der Waals surface area contributed by atoms with Gasteiger partial charge in [0.15, 0.2) is 0 Å². The van der Waals surface area contributed by atoms with E-state index in [2.05, 4.69) is 5.32 Å². The number of benzene rings is 3. The molecule has 1 aliphatic rings. The predicted octanol–water partition coefficient (Wildman–Crippen LogP) is 6.54. The fraction of sp³-hybridized carbons (Fsp3) is 0.308. The van der Waals surface area contributed by atoms with Gasteiger partial charge in [-0.1, -0.05) is 35.9 Å². The predicted molar refractivity (Wildman–Crippen MR) is 125 cm³/mol. The van der Waals surface area contributed by atoms with Crippen molar-refractivity contribution in [2.45, 2.75) is 44.8 Å². The maximum absolute atomic E-state index is 13.1. The highest BCUT2D eigenvalue weighted by molar-refractivity contribution is 6.30. The van der Waals surface area contributed by atoms with Crippen molar-refractivity contribution in [2.75, 3.05) is 12.4 Å². The van der Waals surface area contributed by atoms with Crippen LogP contribution in [0.5, 0.6) is 5.75 Å². The van der Waals surface area contributed by atoms with Crippen molar-refractivity contribution in [3.63, 3.8) is 0 Å². The quantitative estimate of drug-likeness (QED) is 0.439. The molecule has 0 saturated heterocycles. The van der Waals surface area contributed by atoms with Crippen LogP contribution in [0.3, 0.4) is 0 Å². The Hall–Kier alpha value is -2.60. The molecule has 3 aromatic rings. The van der Waals surface area contributed by atoms with Crippen molar-refractivity contribution >= 4 is 17.3 Å². The summed E-state index contributed by atoms with van der Waals surface area (Å²) in [6, 6.07) is 20.0. The van der Waals surface area contributed by atoms with Crippen LogP contribution >= 0.6 is 11.6 Å². The standard InChI is InChI=1S/C26H27ClFNO3/c1-26(2)25(31-16-18-5-4-6-19(27)13-18)24(30-3)22-14-21(11-12-23(22)32-26)29-15-17-7-9-20(28)10-8-17/h4-14,24-25,29H,15-16H2,1-3H3. The van der Waals surface area contributed by atoms with Crippen molar-refractivity contribution in [3.8, 4) is 5.75 Å². The van der Waals surface area contributed by atoms with E-state index in [-0.39, 0.29) is 18.0 Å². The average molecular weight is 456 g/mol. The van der Waals surface area contributed by atoms with Gasteiger partial charge in [-0.05, 0) is 67.4 Å². The molecule has 0 saturated carbocycles. The topological polar surface area (TPSA) is 39.7 Å². The second-order valence-corrected chi connectivity index (χ2v) is 8.89. The highest BCUT2D eigenvalue weighted by Crippen LogP contribution is 2.44. The number of halogens is 2. The van der Waals surface area contributed by atoms with Gasteiger partial charge in [0.05, 0.1) is 6.61 Å². The Kier molecular flexibility index (Phi) is 6.70. The molecular formula is C26H27ClFNO3. The third kappa shape index (κ3) is 5.07. The molecule has 168 valence electrons. The second kappa shape index (κ2) is 9.49. The average Bonchev–Trinajstić information content (AvgIpc) is 2.76.